The highest BCUT2D eigenvalue weighted by atomic mass is 79.9. The van der Waals surface area contributed by atoms with E-state index in [0.717, 1.165) is 12.8 Å². The Morgan fingerprint density at radius 3 is 2.47 bits per heavy atom. The Morgan fingerprint density at radius 2 is 1.77 bits per heavy atom. The summed E-state index contributed by atoms with van der Waals surface area (Å²) in [5, 5.41) is 14.6. The fourth-order valence-corrected chi connectivity index (χ4v) is 3.18. The highest BCUT2D eigenvalue weighted by Crippen LogP contribution is 2.25. The molecule has 12 heteroatoms. The van der Waals surface area contributed by atoms with Crippen LogP contribution in [0.25, 0.3) is 0 Å². The predicted molar refractivity (Wildman–Crippen MR) is 112 cm³/mol. The van der Waals surface area contributed by atoms with E-state index in [2.05, 4.69) is 36.0 Å². The average molecular weight is 490 g/mol. The summed E-state index contributed by atoms with van der Waals surface area (Å²) in [4.78, 5) is 27.7. The third-order valence-electron chi connectivity index (χ3n) is 3.41. The SMILES string of the molecule is O=[N+]([O-])c1ccccc1O/C=N/OC=Nc1ccc(S(=O)c2ncc(Br)cn2)cc1. The van der Waals surface area contributed by atoms with Crippen molar-refractivity contribution in [1.29, 1.82) is 0 Å². The van der Waals surface area contributed by atoms with Crippen LogP contribution in [0.15, 0.2) is 85.6 Å². The summed E-state index contributed by atoms with van der Waals surface area (Å²) in [7, 11) is -1.51. The Morgan fingerprint density at radius 1 is 1.07 bits per heavy atom. The standard InChI is InChI=1S/C18H12BrN5O5S/c19-13-9-20-18(21-10-13)30(27)15-7-5-14(6-8-15)22-11-29-23-12-28-17-4-2-1-3-16(17)24(25)26/h1-12H/b22-11?,23-12+. The maximum Gasteiger partial charge on any atom is 0.311 e. The number of aliphatic imine (C=N–C) groups is 1. The lowest BCUT2D eigenvalue weighted by Crippen LogP contribution is -1.98. The molecule has 10 nitrogen and oxygen atoms in total. The third-order valence-corrected chi connectivity index (χ3v) is 5.06. The van der Waals surface area contributed by atoms with Gasteiger partial charge in [0.25, 0.3) is 0 Å². The average Bonchev–Trinajstić information content (AvgIpc) is 2.77. The molecule has 0 aliphatic heterocycles. The molecule has 0 radical (unpaired) electrons. The van der Waals surface area contributed by atoms with Gasteiger partial charge in [-0.1, -0.05) is 12.1 Å². The number of hydrogen-bond acceptors (Lipinski definition) is 9. The van der Waals surface area contributed by atoms with Gasteiger partial charge in [0.15, 0.2) is 0 Å². The Labute approximate surface area is 181 Å². The molecule has 0 saturated heterocycles. The first kappa shape index (κ1) is 21.2. The maximum atomic E-state index is 12.4. The van der Waals surface area contributed by atoms with Gasteiger partial charge in [-0.2, -0.15) is 0 Å². The van der Waals surface area contributed by atoms with Crippen molar-refractivity contribution in [3.8, 4) is 5.75 Å². The van der Waals surface area contributed by atoms with Gasteiger partial charge in [0.1, 0.15) is 10.8 Å². The first-order valence-corrected chi connectivity index (χ1v) is 10.1. The molecule has 0 bridgehead atoms. The number of hydrogen-bond donors (Lipinski definition) is 0. The topological polar surface area (TPSA) is 129 Å². The summed E-state index contributed by atoms with van der Waals surface area (Å²) in [5.41, 5.74) is 0.339. The lowest BCUT2D eigenvalue weighted by Gasteiger charge is -2.01. The van der Waals surface area contributed by atoms with Crippen molar-refractivity contribution in [3.05, 3.63) is 75.5 Å². The number of rotatable bonds is 8. The van der Waals surface area contributed by atoms with Gasteiger partial charge in [0.2, 0.25) is 23.7 Å². The van der Waals surface area contributed by atoms with E-state index in [0.29, 0.717) is 15.1 Å². The number of para-hydroxylation sites is 2. The highest BCUT2D eigenvalue weighted by Gasteiger charge is 2.12. The molecule has 2 aromatic carbocycles. The normalized spacial score (nSPS) is 12.2. The van der Waals surface area contributed by atoms with E-state index in [1.54, 1.807) is 30.3 Å². The number of benzene rings is 2. The second-order valence-electron chi connectivity index (χ2n) is 5.34. The van der Waals surface area contributed by atoms with Gasteiger partial charge >= 0.3 is 5.69 Å². The number of ether oxygens (including phenoxy) is 1. The zero-order valence-corrected chi connectivity index (χ0v) is 17.4. The minimum Gasteiger partial charge on any atom is -0.435 e. The van der Waals surface area contributed by atoms with Crippen LogP contribution >= 0.6 is 15.9 Å². The van der Waals surface area contributed by atoms with E-state index in [1.165, 1.54) is 30.6 Å². The molecular formula is C18H12BrN5O5S. The fraction of sp³-hybridized carbons (Fsp3) is 0. The quantitative estimate of drug-likeness (QED) is 0.153. The molecule has 1 atom stereocenters. The van der Waals surface area contributed by atoms with Crippen LogP contribution in [-0.4, -0.2) is 31.9 Å². The molecule has 0 aliphatic carbocycles. The van der Waals surface area contributed by atoms with Crippen LogP contribution in [0, 0.1) is 10.1 Å². The van der Waals surface area contributed by atoms with Crippen molar-refractivity contribution in [2.24, 2.45) is 10.1 Å². The molecule has 3 aromatic rings. The molecule has 1 aromatic heterocycles. The van der Waals surface area contributed by atoms with Crippen molar-refractivity contribution < 1.29 is 18.7 Å². The van der Waals surface area contributed by atoms with Crippen molar-refractivity contribution >= 4 is 50.9 Å². The number of nitrogens with zero attached hydrogens (tertiary/aromatic N) is 5. The van der Waals surface area contributed by atoms with Crippen LogP contribution in [0.5, 0.6) is 5.75 Å². The minimum atomic E-state index is -1.51. The smallest absolute Gasteiger partial charge is 0.311 e. The number of nitro groups is 1. The number of nitro benzene ring substituents is 1. The Bertz CT molecular complexity index is 1110. The molecule has 0 fully saturated rings. The van der Waals surface area contributed by atoms with Crippen LogP contribution in [0.4, 0.5) is 11.4 Å². The van der Waals surface area contributed by atoms with Gasteiger partial charge < -0.3 is 9.57 Å². The van der Waals surface area contributed by atoms with Crippen LogP contribution in [-0.2, 0) is 15.6 Å². The summed E-state index contributed by atoms with van der Waals surface area (Å²) in [6.07, 6.45) is 5.02. The van der Waals surface area contributed by atoms with E-state index in [9.17, 15) is 14.3 Å². The summed E-state index contributed by atoms with van der Waals surface area (Å²) in [5.74, 6) is 0.0325. The zero-order chi connectivity index (χ0) is 21.3. The Balaban J connectivity index is 1.53. The van der Waals surface area contributed by atoms with Gasteiger partial charge in [-0.15, -0.1) is 0 Å². The van der Waals surface area contributed by atoms with E-state index in [4.69, 9.17) is 9.57 Å². The van der Waals surface area contributed by atoms with Crippen LogP contribution in [0.3, 0.4) is 0 Å². The first-order valence-electron chi connectivity index (χ1n) is 8.14. The summed E-state index contributed by atoms with van der Waals surface area (Å²) >= 11 is 3.22. The van der Waals surface area contributed by atoms with E-state index in [1.807, 2.05) is 0 Å². The molecular weight excluding hydrogens is 478 g/mol. The highest BCUT2D eigenvalue weighted by molar-refractivity contribution is 9.10. The molecule has 0 spiro atoms. The van der Waals surface area contributed by atoms with Crippen molar-refractivity contribution in [2.45, 2.75) is 10.1 Å². The first-order chi connectivity index (χ1) is 14.5. The number of halogens is 1. The van der Waals surface area contributed by atoms with Gasteiger partial charge in [-0.3, -0.25) is 10.1 Å². The van der Waals surface area contributed by atoms with Crippen molar-refractivity contribution in [2.75, 3.05) is 0 Å². The predicted octanol–water partition coefficient (Wildman–Crippen LogP) is 4.01. The summed E-state index contributed by atoms with van der Waals surface area (Å²) in [6, 6.07) is 12.4. The molecule has 0 amide bonds. The van der Waals surface area contributed by atoms with E-state index in [-0.39, 0.29) is 16.6 Å². The van der Waals surface area contributed by atoms with E-state index >= 15 is 0 Å². The minimum absolute atomic E-state index is 0.0325. The molecule has 0 aliphatic rings. The third kappa shape index (κ3) is 5.75. The Kier molecular flexibility index (Phi) is 7.29. The molecule has 1 unspecified atom stereocenters. The molecule has 152 valence electrons. The van der Waals surface area contributed by atoms with Crippen LogP contribution in [0.2, 0.25) is 0 Å². The fourth-order valence-electron chi connectivity index (χ4n) is 2.08. The molecule has 30 heavy (non-hydrogen) atoms. The number of oxime groups is 1. The summed E-state index contributed by atoms with van der Waals surface area (Å²) < 4.78 is 18.2. The summed E-state index contributed by atoms with van der Waals surface area (Å²) in [6.45, 7) is 0. The maximum absolute atomic E-state index is 12.4. The second-order valence-corrected chi connectivity index (χ2v) is 7.63. The number of aromatic nitrogens is 2. The Hall–Kier alpha value is -3.51. The lowest BCUT2D eigenvalue weighted by atomic mass is 10.3. The lowest BCUT2D eigenvalue weighted by molar-refractivity contribution is -0.385. The zero-order valence-electron chi connectivity index (χ0n) is 15.0. The largest absolute Gasteiger partial charge is 0.435 e. The van der Waals surface area contributed by atoms with Gasteiger partial charge in [0.05, 0.1) is 15.1 Å². The molecule has 0 saturated carbocycles. The monoisotopic (exact) mass is 489 g/mol. The van der Waals surface area contributed by atoms with Crippen molar-refractivity contribution in [3.63, 3.8) is 0 Å². The molecule has 1 heterocycles. The second kappa shape index (κ2) is 10.3. The van der Waals surface area contributed by atoms with Gasteiger partial charge in [-0.05, 0) is 51.4 Å². The van der Waals surface area contributed by atoms with Crippen LogP contribution in [0.1, 0.15) is 0 Å². The van der Waals surface area contributed by atoms with E-state index < -0.39 is 15.7 Å². The van der Waals surface area contributed by atoms with Gasteiger partial charge in [-0.25, -0.2) is 19.2 Å². The van der Waals surface area contributed by atoms with Crippen molar-refractivity contribution in [1.82, 2.24) is 9.97 Å². The van der Waals surface area contributed by atoms with Gasteiger partial charge in [0, 0.05) is 23.4 Å². The van der Waals surface area contributed by atoms with Crippen LogP contribution < -0.4 is 4.74 Å². The molecule has 3 rings (SSSR count). The molecule has 0 N–H and O–H groups in total.